The van der Waals surface area contributed by atoms with Crippen LogP contribution >= 0.6 is 0 Å². The molecule has 1 heterocycles. The normalized spacial score (nSPS) is 37.8. The molecule has 0 amide bonds. The first kappa shape index (κ1) is 26.6. The fourth-order valence-electron chi connectivity index (χ4n) is 3.99. The van der Waals surface area contributed by atoms with E-state index in [1.807, 2.05) is 0 Å². The van der Waals surface area contributed by atoms with E-state index in [2.05, 4.69) is 10.8 Å². The lowest BCUT2D eigenvalue weighted by molar-refractivity contribution is -0.449. The molecule has 0 saturated carbocycles. The maximum atomic E-state index is 13.1. The van der Waals surface area contributed by atoms with Crippen LogP contribution in [0.3, 0.4) is 0 Å². The molecule has 2 aliphatic rings. The van der Waals surface area contributed by atoms with Crippen LogP contribution in [0, 0.1) is 11.3 Å². The van der Waals surface area contributed by atoms with E-state index in [0.29, 0.717) is 0 Å². The minimum absolute atomic E-state index is 0.308. The summed E-state index contributed by atoms with van der Waals surface area (Å²) in [7, 11) is -2.46. The van der Waals surface area contributed by atoms with Gasteiger partial charge in [0.05, 0.1) is 13.2 Å². The Morgan fingerprint density at radius 2 is 1.72 bits per heavy atom. The number of hydrogen-bond donors (Lipinski definition) is 0. The zero-order valence-corrected chi connectivity index (χ0v) is 19.3. The van der Waals surface area contributed by atoms with Crippen LogP contribution in [0.2, 0.25) is 0 Å². The number of rotatable bonds is 7. The minimum Gasteiger partial charge on any atom is -0.468 e. The Labute approximate surface area is 184 Å². The molecular formula is C19H27F3O9S. The zero-order valence-electron chi connectivity index (χ0n) is 18.5. The van der Waals surface area contributed by atoms with Crippen molar-refractivity contribution in [2.24, 2.45) is 11.3 Å². The highest BCUT2D eigenvalue weighted by Crippen LogP contribution is 2.53. The van der Waals surface area contributed by atoms with Crippen molar-refractivity contribution in [3.05, 3.63) is 24.5 Å². The highest BCUT2D eigenvalue weighted by atomic mass is 32.2. The Morgan fingerprint density at radius 1 is 1.19 bits per heavy atom. The first-order chi connectivity index (χ1) is 14.6. The molecule has 0 spiro atoms. The summed E-state index contributed by atoms with van der Waals surface area (Å²) in [5.41, 5.74) is -7.74. The first-order valence-electron chi connectivity index (χ1n) is 9.47. The second-order valence-corrected chi connectivity index (χ2v) is 9.26. The zero-order chi connectivity index (χ0) is 24.8. The highest BCUT2D eigenvalue weighted by molar-refractivity contribution is 7.87. The number of carbonyl (C=O) groups excluding carboxylic acids is 1. The fourth-order valence-corrected chi connectivity index (χ4v) is 4.52. The molecule has 1 fully saturated rings. The third-order valence-electron chi connectivity index (χ3n) is 6.17. The molecule has 0 bridgehead atoms. The van der Waals surface area contributed by atoms with Gasteiger partial charge in [0.2, 0.25) is 11.6 Å². The van der Waals surface area contributed by atoms with E-state index in [0.717, 1.165) is 13.2 Å². The number of alkyl halides is 3. The van der Waals surface area contributed by atoms with Gasteiger partial charge in [0.1, 0.15) is 17.3 Å². The Balaban J connectivity index is 2.75. The molecule has 0 aromatic rings. The number of methoxy groups -OCH3 is 3. The molecular weight excluding hydrogens is 461 g/mol. The lowest BCUT2D eigenvalue weighted by Crippen LogP contribution is -2.68. The average Bonchev–Trinajstić information content (AvgIpc) is 2.71. The third kappa shape index (κ3) is 3.94. The van der Waals surface area contributed by atoms with Crippen molar-refractivity contribution in [1.29, 1.82) is 0 Å². The highest BCUT2D eigenvalue weighted by Gasteiger charge is 2.65. The Hall–Kier alpha value is -1.67. The van der Waals surface area contributed by atoms with Crippen molar-refractivity contribution >= 4 is 16.1 Å². The Morgan fingerprint density at radius 3 is 2.16 bits per heavy atom. The fraction of sp³-hybridized carbons (Fsp3) is 0.737. The molecule has 184 valence electrons. The quantitative estimate of drug-likeness (QED) is 0.231. The molecule has 0 aromatic heterocycles. The van der Waals surface area contributed by atoms with Gasteiger partial charge in [-0.3, -0.25) is 4.79 Å². The van der Waals surface area contributed by atoms with Gasteiger partial charge in [-0.05, 0) is 26.3 Å². The van der Waals surface area contributed by atoms with E-state index in [9.17, 15) is 26.4 Å². The van der Waals surface area contributed by atoms with Gasteiger partial charge in [-0.15, -0.1) is 6.58 Å². The first-order valence-corrected chi connectivity index (χ1v) is 10.9. The van der Waals surface area contributed by atoms with Crippen molar-refractivity contribution in [3.8, 4) is 0 Å². The van der Waals surface area contributed by atoms with Gasteiger partial charge < -0.3 is 27.9 Å². The van der Waals surface area contributed by atoms with E-state index < -0.39 is 62.5 Å². The summed E-state index contributed by atoms with van der Waals surface area (Å²) in [4.78, 5) is 12.9. The van der Waals surface area contributed by atoms with Gasteiger partial charge >= 0.3 is 21.6 Å². The number of carbonyl (C=O) groups is 1. The summed E-state index contributed by atoms with van der Waals surface area (Å²) in [5, 5.41) is 0. The van der Waals surface area contributed by atoms with Crippen LogP contribution in [0.25, 0.3) is 0 Å². The smallest absolute Gasteiger partial charge is 0.468 e. The van der Waals surface area contributed by atoms with Gasteiger partial charge in [-0.2, -0.15) is 21.6 Å². The summed E-state index contributed by atoms with van der Waals surface area (Å²) in [6, 6.07) is 0. The molecule has 2 rings (SSSR count). The summed E-state index contributed by atoms with van der Waals surface area (Å²) >= 11 is 0. The summed E-state index contributed by atoms with van der Waals surface area (Å²) < 4.78 is 95.1. The van der Waals surface area contributed by atoms with Gasteiger partial charge in [0.15, 0.2) is 0 Å². The lowest BCUT2D eigenvalue weighted by Gasteiger charge is -2.56. The molecule has 0 aromatic carbocycles. The summed E-state index contributed by atoms with van der Waals surface area (Å²) in [5.74, 6) is -5.88. The Kier molecular flexibility index (Phi) is 7.14. The van der Waals surface area contributed by atoms with E-state index in [1.165, 1.54) is 41.1 Å². The van der Waals surface area contributed by atoms with Gasteiger partial charge in [0, 0.05) is 20.1 Å². The maximum absolute atomic E-state index is 13.1. The standard InChI is InChI=1S/C19H27F3O9S/c1-8-9-18(15(23)26-5)11(2)14-12(10-13(18)31-32(24,25)19(20,21)22)29-16(3,27-6)17(4,28-7)30-14/h8,10-12,14H,1,9H2,2-7H3/t11-,12-,14-,16+,17+,18?/m1/s1. The van der Waals surface area contributed by atoms with Crippen molar-refractivity contribution in [2.45, 2.75) is 56.5 Å². The van der Waals surface area contributed by atoms with Crippen molar-refractivity contribution in [2.75, 3.05) is 21.3 Å². The molecule has 13 heteroatoms. The number of allylic oxidation sites excluding steroid dienone is 1. The van der Waals surface area contributed by atoms with Crippen LogP contribution in [-0.4, -0.2) is 65.0 Å². The maximum Gasteiger partial charge on any atom is 0.534 e. The minimum atomic E-state index is -6.11. The molecule has 1 unspecified atom stereocenters. The topological polar surface area (TPSA) is 107 Å². The van der Waals surface area contributed by atoms with Crippen LogP contribution in [0.15, 0.2) is 24.5 Å². The van der Waals surface area contributed by atoms with Gasteiger partial charge in [-0.25, -0.2) is 0 Å². The third-order valence-corrected chi connectivity index (χ3v) is 7.14. The molecule has 1 saturated heterocycles. The predicted molar refractivity (Wildman–Crippen MR) is 103 cm³/mol. The SMILES string of the molecule is C=CCC1(C(=O)OC)C(OS(=O)(=O)C(F)(F)F)=C[C@H]2O[C@](C)(OC)[C@@](C)(OC)O[C@@H]2[C@H]1C. The van der Waals surface area contributed by atoms with E-state index >= 15 is 0 Å². The molecule has 0 N–H and O–H groups in total. The number of halogens is 3. The van der Waals surface area contributed by atoms with Gasteiger partial charge in [-0.1, -0.05) is 13.0 Å². The number of ether oxygens (including phenoxy) is 5. The largest absolute Gasteiger partial charge is 0.534 e. The van der Waals surface area contributed by atoms with Crippen molar-refractivity contribution in [1.82, 2.24) is 0 Å². The molecule has 0 radical (unpaired) electrons. The summed E-state index contributed by atoms with van der Waals surface area (Å²) in [6.07, 6.45) is -0.245. The van der Waals surface area contributed by atoms with E-state index in [-0.39, 0.29) is 6.42 Å². The molecule has 1 aliphatic heterocycles. The second kappa shape index (κ2) is 8.60. The monoisotopic (exact) mass is 488 g/mol. The number of hydrogen-bond acceptors (Lipinski definition) is 9. The summed E-state index contributed by atoms with van der Waals surface area (Å²) in [6.45, 7) is 8.01. The van der Waals surface area contributed by atoms with Gasteiger partial charge in [0.25, 0.3) is 0 Å². The van der Waals surface area contributed by atoms with Crippen LogP contribution in [-0.2, 0) is 42.8 Å². The number of fused-ring (bicyclic) bond motifs is 1. The van der Waals surface area contributed by atoms with Crippen LogP contribution in [0.5, 0.6) is 0 Å². The van der Waals surface area contributed by atoms with Crippen LogP contribution in [0.1, 0.15) is 27.2 Å². The second-order valence-electron chi connectivity index (χ2n) is 7.72. The average molecular weight is 488 g/mol. The van der Waals surface area contributed by atoms with Crippen molar-refractivity contribution in [3.63, 3.8) is 0 Å². The molecule has 6 atom stereocenters. The van der Waals surface area contributed by atoms with Crippen LogP contribution in [0.4, 0.5) is 13.2 Å². The number of esters is 1. The molecule has 1 aliphatic carbocycles. The van der Waals surface area contributed by atoms with E-state index in [1.54, 1.807) is 0 Å². The molecule has 9 nitrogen and oxygen atoms in total. The Bertz CT molecular complexity index is 887. The van der Waals surface area contributed by atoms with Crippen molar-refractivity contribution < 1.29 is 54.3 Å². The predicted octanol–water partition coefficient (Wildman–Crippen LogP) is 2.63. The van der Waals surface area contributed by atoms with Crippen LogP contribution < -0.4 is 0 Å². The van der Waals surface area contributed by atoms with E-state index in [4.69, 9.17) is 23.7 Å². The lowest BCUT2D eigenvalue weighted by atomic mass is 9.65. The molecule has 32 heavy (non-hydrogen) atoms.